The highest BCUT2D eigenvalue weighted by molar-refractivity contribution is 7.99. The molecule has 118 valence electrons. The van der Waals surface area contributed by atoms with Crippen LogP contribution in [0.1, 0.15) is 11.5 Å². The molecule has 0 aliphatic heterocycles. The molecule has 22 heavy (non-hydrogen) atoms. The van der Waals surface area contributed by atoms with Crippen molar-refractivity contribution in [1.82, 2.24) is 4.98 Å². The Morgan fingerprint density at radius 2 is 2.09 bits per heavy atom. The summed E-state index contributed by atoms with van der Waals surface area (Å²) in [6, 6.07) is 5.21. The summed E-state index contributed by atoms with van der Waals surface area (Å²) in [7, 11) is 3.11. The number of thioether (sulfide) groups is 1. The lowest BCUT2D eigenvalue weighted by Gasteiger charge is -2.11. The largest absolute Gasteiger partial charge is 0.497 e. The standard InChI is InChI=1S/C15H18N2O4S/c1-9-10(2)21-15(16-9)22-8-14(18)17-12-7-11(19-3)5-6-13(12)20-4/h5-7H,8H2,1-4H3,(H,17,18). The van der Waals surface area contributed by atoms with Gasteiger partial charge in [-0.25, -0.2) is 4.98 Å². The number of nitrogens with one attached hydrogen (secondary N) is 1. The number of carbonyl (C=O) groups excluding carboxylic acids is 1. The van der Waals surface area contributed by atoms with Crippen molar-refractivity contribution in [3.63, 3.8) is 0 Å². The van der Waals surface area contributed by atoms with Crippen molar-refractivity contribution in [2.75, 3.05) is 25.3 Å². The van der Waals surface area contributed by atoms with Crippen LogP contribution in [0.3, 0.4) is 0 Å². The number of anilines is 1. The van der Waals surface area contributed by atoms with E-state index in [0.29, 0.717) is 22.4 Å². The molecule has 0 spiro atoms. The molecule has 0 fully saturated rings. The number of nitrogens with zero attached hydrogens (tertiary/aromatic N) is 1. The van der Waals surface area contributed by atoms with Gasteiger partial charge in [0.2, 0.25) is 5.91 Å². The Labute approximate surface area is 133 Å². The summed E-state index contributed by atoms with van der Waals surface area (Å²) in [5, 5.41) is 3.28. The molecule has 1 heterocycles. The fourth-order valence-electron chi connectivity index (χ4n) is 1.73. The maximum Gasteiger partial charge on any atom is 0.256 e. The highest BCUT2D eigenvalue weighted by Crippen LogP contribution is 2.29. The minimum absolute atomic E-state index is 0.176. The maximum absolute atomic E-state index is 12.0. The van der Waals surface area contributed by atoms with Crippen molar-refractivity contribution in [3.05, 3.63) is 29.7 Å². The number of benzene rings is 1. The zero-order valence-electron chi connectivity index (χ0n) is 12.9. The number of carbonyl (C=O) groups is 1. The molecule has 0 unspecified atom stereocenters. The minimum atomic E-state index is -0.176. The SMILES string of the molecule is COc1ccc(OC)c(NC(=O)CSc2nc(C)c(C)o2)c1. The van der Waals surface area contributed by atoms with Crippen LogP contribution in [0.2, 0.25) is 0 Å². The number of amides is 1. The van der Waals surface area contributed by atoms with Crippen LogP contribution < -0.4 is 14.8 Å². The molecule has 7 heteroatoms. The van der Waals surface area contributed by atoms with Crippen LogP contribution in [0, 0.1) is 13.8 Å². The summed E-state index contributed by atoms with van der Waals surface area (Å²) in [6.07, 6.45) is 0. The van der Waals surface area contributed by atoms with E-state index in [1.807, 2.05) is 13.8 Å². The first-order valence-corrected chi connectivity index (χ1v) is 7.60. The van der Waals surface area contributed by atoms with Crippen molar-refractivity contribution >= 4 is 23.4 Å². The van der Waals surface area contributed by atoms with Crippen LogP contribution in [-0.2, 0) is 4.79 Å². The summed E-state index contributed by atoms with van der Waals surface area (Å²) in [6.45, 7) is 3.71. The smallest absolute Gasteiger partial charge is 0.256 e. The van der Waals surface area contributed by atoms with Gasteiger partial charge >= 0.3 is 0 Å². The van der Waals surface area contributed by atoms with Crippen LogP contribution >= 0.6 is 11.8 Å². The molecule has 0 saturated heterocycles. The van der Waals surface area contributed by atoms with Gasteiger partial charge in [0.05, 0.1) is 31.4 Å². The third-order valence-electron chi connectivity index (χ3n) is 3.02. The van der Waals surface area contributed by atoms with Crippen molar-refractivity contribution < 1.29 is 18.7 Å². The molecule has 0 bridgehead atoms. The Morgan fingerprint density at radius 3 is 2.68 bits per heavy atom. The van der Waals surface area contributed by atoms with Crippen LogP contribution in [0.25, 0.3) is 0 Å². The van der Waals surface area contributed by atoms with E-state index >= 15 is 0 Å². The second kappa shape index (κ2) is 7.22. The van der Waals surface area contributed by atoms with E-state index in [4.69, 9.17) is 13.9 Å². The van der Waals surface area contributed by atoms with Crippen molar-refractivity contribution in [1.29, 1.82) is 0 Å². The summed E-state index contributed by atoms with van der Waals surface area (Å²) >= 11 is 1.24. The fraction of sp³-hybridized carbons (Fsp3) is 0.333. The van der Waals surface area contributed by atoms with E-state index in [1.54, 1.807) is 32.4 Å². The molecule has 2 rings (SSSR count). The summed E-state index contributed by atoms with van der Waals surface area (Å²) in [5.41, 5.74) is 1.39. The molecule has 1 N–H and O–H groups in total. The predicted octanol–water partition coefficient (Wildman–Crippen LogP) is 3.04. The highest BCUT2D eigenvalue weighted by atomic mass is 32.2. The van der Waals surface area contributed by atoms with Gasteiger partial charge in [-0.15, -0.1) is 0 Å². The van der Waals surface area contributed by atoms with Crippen molar-refractivity contribution in [3.8, 4) is 11.5 Å². The molecule has 0 atom stereocenters. The summed E-state index contributed by atoms with van der Waals surface area (Å²) < 4.78 is 15.8. The monoisotopic (exact) mass is 322 g/mol. The summed E-state index contributed by atoms with van der Waals surface area (Å²) in [4.78, 5) is 16.3. The zero-order chi connectivity index (χ0) is 16.1. The first-order chi connectivity index (χ1) is 10.5. The van der Waals surface area contributed by atoms with Gasteiger partial charge in [-0.3, -0.25) is 4.79 Å². The topological polar surface area (TPSA) is 73.6 Å². The first kappa shape index (κ1) is 16.2. The highest BCUT2D eigenvalue weighted by Gasteiger charge is 2.12. The van der Waals surface area contributed by atoms with Crippen LogP contribution in [0.4, 0.5) is 5.69 Å². The van der Waals surface area contributed by atoms with Gasteiger partial charge in [0.15, 0.2) is 0 Å². The Balaban J connectivity index is 1.99. The van der Waals surface area contributed by atoms with E-state index < -0.39 is 0 Å². The molecular formula is C15H18N2O4S. The quantitative estimate of drug-likeness (QED) is 0.824. The number of aryl methyl sites for hydroxylation is 2. The number of rotatable bonds is 6. The van der Waals surface area contributed by atoms with E-state index in [0.717, 1.165) is 11.5 Å². The van der Waals surface area contributed by atoms with Gasteiger partial charge < -0.3 is 19.2 Å². The van der Waals surface area contributed by atoms with E-state index in [1.165, 1.54) is 11.8 Å². The lowest BCUT2D eigenvalue weighted by molar-refractivity contribution is -0.113. The number of ether oxygens (including phenoxy) is 2. The normalized spacial score (nSPS) is 10.4. The zero-order valence-corrected chi connectivity index (χ0v) is 13.7. The Hall–Kier alpha value is -2.15. The molecule has 0 aliphatic rings. The van der Waals surface area contributed by atoms with E-state index in [9.17, 15) is 4.79 Å². The second-order valence-electron chi connectivity index (χ2n) is 4.52. The average molecular weight is 322 g/mol. The van der Waals surface area contributed by atoms with Crippen molar-refractivity contribution in [2.45, 2.75) is 19.1 Å². The summed E-state index contributed by atoms with van der Waals surface area (Å²) in [5.74, 6) is 1.99. The third-order valence-corrected chi connectivity index (χ3v) is 3.84. The first-order valence-electron chi connectivity index (χ1n) is 6.62. The molecule has 1 aromatic carbocycles. The van der Waals surface area contributed by atoms with Crippen LogP contribution in [-0.4, -0.2) is 30.9 Å². The number of methoxy groups -OCH3 is 2. The Bertz CT molecular complexity index is 650. The van der Waals surface area contributed by atoms with Gasteiger partial charge in [0.25, 0.3) is 5.22 Å². The number of oxazole rings is 1. The Kier molecular flexibility index (Phi) is 5.32. The van der Waals surface area contributed by atoms with Crippen molar-refractivity contribution in [2.24, 2.45) is 0 Å². The van der Waals surface area contributed by atoms with E-state index in [2.05, 4.69) is 10.3 Å². The molecule has 1 aromatic heterocycles. The second-order valence-corrected chi connectivity index (χ2v) is 5.45. The molecule has 0 radical (unpaired) electrons. The number of aromatic nitrogens is 1. The van der Waals surface area contributed by atoms with Crippen LogP contribution in [0.5, 0.6) is 11.5 Å². The average Bonchev–Trinajstić information content (AvgIpc) is 2.83. The lowest BCUT2D eigenvalue weighted by atomic mass is 10.2. The van der Waals surface area contributed by atoms with E-state index in [-0.39, 0.29) is 11.7 Å². The van der Waals surface area contributed by atoms with Gasteiger partial charge in [-0.2, -0.15) is 0 Å². The predicted molar refractivity (Wildman–Crippen MR) is 84.9 cm³/mol. The van der Waals surface area contributed by atoms with Gasteiger partial charge in [0.1, 0.15) is 17.3 Å². The lowest BCUT2D eigenvalue weighted by Crippen LogP contribution is -2.14. The fourth-order valence-corrected chi connectivity index (χ4v) is 2.44. The van der Waals surface area contributed by atoms with Gasteiger partial charge in [-0.05, 0) is 26.0 Å². The molecule has 0 saturated carbocycles. The van der Waals surface area contributed by atoms with Gasteiger partial charge in [-0.1, -0.05) is 11.8 Å². The molecular weight excluding hydrogens is 304 g/mol. The molecule has 2 aromatic rings. The Morgan fingerprint density at radius 1 is 1.32 bits per heavy atom. The molecule has 0 aliphatic carbocycles. The number of hydrogen-bond acceptors (Lipinski definition) is 6. The number of hydrogen-bond donors (Lipinski definition) is 1. The third kappa shape index (κ3) is 3.94. The van der Waals surface area contributed by atoms with Crippen LogP contribution in [0.15, 0.2) is 27.8 Å². The molecule has 1 amide bonds. The maximum atomic E-state index is 12.0. The van der Waals surface area contributed by atoms with Gasteiger partial charge in [0, 0.05) is 6.07 Å². The minimum Gasteiger partial charge on any atom is -0.497 e. The molecule has 6 nitrogen and oxygen atoms in total.